The van der Waals surface area contributed by atoms with Crippen LogP contribution in [0.2, 0.25) is 5.02 Å². The number of alkyl halides is 6. The molecule has 1 N–H and O–H groups in total. The van der Waals surface area contributed by atoms with Gasteiger partial charge in [0.1, 0.15) is 23.7 Å². The highest BCUT2D eigenvalue weighted by molar-refractivity contribution is 6.33. The quantitative estimate of drug-likeness (QED) is 0.170. The number of carboxylic acids is 1. The molecule has 0 bridgehead atoms. The maximum Gasteiger partial charge on any atom is 0.573 e. The molecule has 0 aliphatic rings. The minimum Gasteiger partial charge on any atom is -0.488 e. The van der Waals surface area contributed by atoms with Crippen LogP contribution >= 0.6 is 11.6 Å². The molecule has 2 aromatic heterocycles. The highest BCUT2D eigenvalue weighted by atomic mass is 35.5. The number of aromatic carboxylic acids is 1. The van der Waals surface area contributed by atoms with Crippen LogP contribution in [0.4, 0.5) is 26.3 Å². The van der Waals surface area contributed by atoms with Crippen LogP contribution in [0.25, 0.3) is 28.2 Å². The van der Waals surface area contributed by atoms with E-state index < -0.39 is 29.8 Å². The topological polar surface area (TPSA) is 86.5 Å². The summed E-state index contributed by atoms with van der Waals surface area (Å²) in [5, 5.41) is 13.1. The molecular weight excluding hydrogens is 628 g/mol. The van der Waals surface area contributed by atoms with E-state index in [0.29, 0.717) is 16.4 Å². The Kier molecular flexibility index (Phi) is 8.48. The highest BCUT2D eigenvalue weighted by Crippen LogP contribution is 2.38. The Labute approximate surface area is 256 Å². The summed E-state index contributed by atoms with van der Waals surface area (Å²) in [6.07, 6.45) is -9.21. The molecule has 45 heavy (non-hydrogen) atoms. The molecule has 0 saturated heterocycles. The van der Waals surface area contributed by atoms with Crippen molar-refractivity contribution < 1.29 is 45.7 Å². The minimum atomic E-state index is -5.03. The number of aryl methyl sites for hydroxylation is 1. The smallest absolute Gasteiger partial charge is 0.488 e. The molecule has 14 heteroatoms. The first kappa shape index (κ1) is 31.4. The minimum absolute atomic E-state index is 0.0663. The van der Waals surface area contributed by atoms with Gasteiger partial charge in [-0.3, -0.25) is 0 Å². The first-order valence-electron chi connectivity index (χ1n) is 12.9. The Morgan fingerprint density at radius 3 is 2.27 bits per heavy atom. The van der Waals surface area contributed by atoms with E-state index in [1.807, 2.05) is 13.0 Å². The maximum atomic E-state index is 13.8. The second kappa shape index (κ2) is 12.2. The van der Waals surface area contributed by atoms with Crippen LogP contribution in [0.1, 0.15) is 27.2 Å². The summed E-state index contributed by atoms with van der Waals surface area (Å²) >= 11 is 6.49. The summed E-state index contributed by atoms with van der Waals surface area (Å²) in [5.41, 5.74) is 0.946. The van der Waals surface area contributed by atoms with Crippen LogP contribution < -0.4 is 9.47 Å². The third-order valence-corrected chi connectivity index (χ3v) is 6.91. The Hall–Kier alpha value is -5.04. The average Bonchev–Trinajstić information content (AvgIpc) is 3.43. The molecule has 2 heterocycles. The van der Waals surface area contributed by atoms with Crippen LogP contribution in [-0.2, 0) is 12.8 Å². The van der Waals surface area contributed by atoms with Gasteiger partial charge in [-0.25, -0.2) is 14.5 Å². The van der Waals surface area contributed by atoms with Gasteiger partial charge in [0.25, 0.3) is 0 Å². The molecule has 0 fully saturated rings. The Balaban J connectivity index is 1.40. The highest BCUT2D eigenvalue weighted by Gasteiger charge is 2.41. The fraction of sp³-hybridized carbons (Fsp3) is 0.129. The molecule has 0 unspecified atom stereocenters. The van der Waals surface area contributed by atoms with Crippen LogP contribution in [0.15, 0.2) is 85.1 Å². The molecule has 0 aliphatic heterocycles. The van der Waals surface area contributed by atoms with E-state index in [1.54, 1.807) is 30.3 Å². The van der Waals surface area contributed by atoms with Gasteiger partial charge in [0.15, 0.2) is 11.5 Å². The van der Waals surface area contributed by atoms with Crippen LogP contribution in [-0.4, -0.2) is 32.2 Å². The number of aromatic nitrogens is 3. The maximum absolute atomic E-state index is 13.8. The molecule has 232 valence electrons. The Morgan fingerprint density at radius 1 is 0.933 bits per heavy atom. The molecule has 5 aromatic rings. The van der Waals surface area contributed by atoms with Gasteiger partial charge in [0, 0.05) is 0 Å². The average molecular weight is 648 g/mol. The number of carboxylic acid groups (broad SMARTS) is 1. The van der Waals surface area contributed by atoms with Crippen molar-refractivity contribution >= 4 is 17.6 Å². The lowest BCUT2D eigenvalue weighted by Crippen LogP contribution is -2.18. The normalized spacial score (nSPS) is 11.8. The van der Waals surface area contributed by atoms with E-state index in [-0.39, 0.29) is 40.2 Å². The van der Waals surface area contributed by atoms with Crippen molar-refractivity contribution in [2.45, 2.75) is 26.1 Å². The summed E-state index contributed by atoms with van der Waals surface area (Å²) < 4.78 is 89.2. The summed E-state index contributed by atoms with van der Waals surface area (Å²) in [7, 11) is 0. The molecule has 0 radical (unpaired) electrons. The SMILES string of the molecule is Cc1cc(-c2ccc(OC(F)(F)F)cc2)ccc1COc1cccc(Cl)c1-c1cccc(-n2ncc(C(=O)O)c2C(F)(F)F)n1. The number of hydrogen-bond acceptors (Lipinski definition) is 5. The second-order valence-electron chi connectivity index (χ2n) is 9.62. The first-order valence-corrected chi connectivity index (χ1v) is 13.3. The van der Waals surface area contributed by atoms with Crippen molar-refractivity contribution in [2.75, 3.05) is 0 Å². The Morgan fingerprint density at radius 2 is 1.62 bits per heavy atom. The zero-order valence-corrected chi connectivity index (χ0v) is 23.7. The zero-order chi connectivity index (χ0) is 32.5. The monoisotopic (exact) mass is 647 g/mol. The van der Waals surface area contributed by atoms with Crippen molar-refractivity contribution in [1.29, 1.82) is 0 Å². The van der Waals surface area contributed by atoms with Crippen LogP contribution in [0.3, 0.4) is 0 Å². The van der Waals surface area contributed by atoms with Gasteiger partial charge in [-0.2, -0.15) is 18.3 Å². The van der Waals surface area contributed by atoms with Crippen molar-refractivity contribution in [2.24, 2.45) is 0 Å². The standard InChI is InChI=1S/C31H20ClF6N3O4/c1-17-14-19(18-10-12-21(13-11-18)45-31(36,37)38)8-9-20(17)16-44-25-6-2-4-23(32)27(25)24-5-3-7-26(40-24)41-28(30(33,34)35)22(15-39-41)29(42)43/h2-15H,16H2,1H3,(H,42,43). The van der Waals surface area contributed by atoms with E-state index >= 15 is 0 Å². The summed E-state index contributed by atoms with van der Waals surface area (Å²) in [4.78, 5) is 15.7. The van der Waals surface area contributed by atoms with Crippen LogP contribution in [0, 0.1) is 6.92 Å². The molecular formula is C31H20ClF6N3O4. The molecule has 0 amide bonds. The molecule has 3 aromatic carbocycles. The molecule has 5 rings (SSSR count). The summed E-state index contributed by atoms with van der Waals surface area (Å²) in [5.74, 6) is -2.13. The molecule has 0 atom stereocenters. The lowest BCUT2D eigenvalue weighted by Gasteiger charge is -2.16. The van der Waals surface area contributed by atoms with Gasteiger partial charge in [0.2, 0.25) is 0 Å². The van der Waals surface area contributed by atoms with Gasteiger partial charge in [-0.15, -0.1) is 13.2 Å². The predicted octanol–water partition coefficient (Wildman–Crippen LogP) is 8.76. The van der Waals surface area contributed by atoms with Gasteiger partial charge in [-0.05, 0) is 65.6 Å². The van der Waals surface area contributed by atoms with E-state index in [1.165, 1.54) is 42.5 Å². The van der Waals surface area contributed by atoms with Crippen molar-refractivity contribution in [3.8, 4) is 39.7 Å². The molecule has 7 nitrogen and oxygen atoms in total. The van der Waals surface area contributed by atoms with Crippen molar-refractivity contribution in [1.82, 2.24) is 14.8 Å². The number of halogens is 7. The lowest BCUT2D eigenvalue weighted by molar-refractivity contribution is -0.274. The van der Waals surface area contributed by atoms with Gasteiger partial charge >= 0.3 is 18.5 Å². The van der Waals surface area contributed by atoms with E-state index in [2.05, 4.69) is 14.8 Å². The number of nitrogens with zero attached hydrogens (tertiary/aromatic N) is 3. The number of pyridine rings is 1. The van der Waals surface area contributed by atoms with E-state index in [0.717, 1.165) is 16.7 Å². The number of hydrogen-bond donors (Lipinski definition) is 1. The van der Waals surface area contributed by atoms with Gasteiger partial charge in [-0.1, -0.05) is 54.1 Å². The molecule has 0 aliphatic carbocycles. The molecule has 0 saturated carbocycles. The van der Waals surface area contributed by atoms with Crippen LogP contribution in [0.5, 0.6) is 11.5 Å². The van der Waals surface area contributed by atoms with E-state index in [9.17, 15) is 36.2 Å². The third kappa shape index (κ3) is 7.04. The number of ether oxygens (including phenoxy) is 2. The third-order valence-electron chi connectivity index (χ3n) is 6.60. The summed E-state index contributed by atoms with van der Waals surface area (Å²) in [6, 6.07) is 19.9. The second-order valence-corrected chi connectivity index (χ2v) is 10.0. The molecule has 0 spiro atoms. The van der Waals surface area contributed by atoms with Crippen molar-refractivity contribution in [3.05, 3.63) is 112 Å². The zero-order valence-electron chi connectivity index (χ0n) is 22.9. The number of benzene rings is 3. The van der Waals surface area contributed by atoms with Gasteiger partial charge in [0.05, 0.1) is 22.5 Å². The first-order chi connectivity index (χ1) is 21.2. The lowest BCUT2D eigenvalue weighted by atomic mass is 10.00. The Bertz CT molecular complexity index is 1870. The fourth-order valence-corrected chi connectivity index (χ4v) is 4.81. The number of carbonyl (C=O) groups is 1. The fourth-order valence-electron chi connectivity index (χ4n) is 4.55. The largest absolute Gasteiger partial charge is 0.573 e. The summed E-state index contributed by atoms with van der Waals surface area (Å²) in [6.45, 7) is 1.90. The van der Waals surface area contributed by atoms with Crippen molar-refractivity contribution in [3.63, 3.8) is 0 Å². The predicted molar refractivity (Wildman–Crippen MR) is 151 cm³/mol. The van der Waals surface area contributed by atoms with Gasteiger partial charge < -0.3 is 14.6 Å². The number of rotatable bonds is 8. The van der Waals surface area contributed by atoms with E-state index in [4.69, 9.17) is 16.3 Å².